The maximum Gasteiger partial charge on any atom is 0.344 e. The quantitative estimate of drug-likeness (QED) is 0.217. The van der Waals surface area contributed by atoms with Gasteiger partial charge in [-0.1, -0.05) is 79.2 Å². The predicted octanol–water partition coefficient (Wildman–Crippen LogP) is 7.56. The molecule has 4 aromatic rings. The first-order chi connectivity index (χ1) is 19.7. The molecule has 40 heavy (non-hydrogen) atoms. The lowest BCUT2D eigenvalue weighted by Crippen LogP contribution is -2.38. The summed E-state index contributed by atoms with van der Waals surface area (Å²) in [5, 5.41) is 0. The van der Waals surface area contributed by atoms with Crippen LogP contribution in [0.2, 0.25) is 0 Å². The minimum absolute atomic E-state index is 0.0673. The normalized spacial score (nSPS) is 19.1. The fourth-order valence-corrected chi connectivity index (χ4v) is 6.26. The summed E-state index contributed by atoms with van der Waals surface area (Å²) >= 11 is 0. The van der Waals surface area contributed by atoms with Gasteiger partial charge in [0.2, 0.25) is 5.89 Å². The van der Waals surface area contributed by atoms with E-state index in [0.29, 0.717) is 6.61 Å². The number of oxazole rings is 1. The highest BCUT2D eigenvalue weighted by Gasteiger charge is 2.37. The van der Waals surface area contributed by atoms with E-state index in [4.69, 9.17) is 18.9 Å². The summed E-state index contributed by atoms with van der Waals surface area (Å²) in [6.07, 6.45) is 6.39. The van der Waals surface area contributed by atoms with Crippen molar-refractivity contribution >= 4 is 5.97 Å². The average molecular weight is 537 g/mol. The lowest BCUT2D eigenvalue weighted by atomic mass is 9.84. The van der Waals surface area contributed by atoms with E-state index in [-0.39, 0.29) is 24.7 Å². The summed E-state index contributed by atoms with van der Waals surface area (Å²) in [6, 6.07) is 27.2. The van der Waals surface area contributed by atoms with Gasteiger partial charge in [0.15, 0.2) is 12.4 Å². The van der Waals surface area contributed by atoms with E-state index in [1.165, 1.54) is 11.1 Å². The Bertz CT molecular complexity index is 1380. The Labute approximate surface area is 235 Å². The predicted molar refractivity (Wildman–Crippen MR) is 155 cm³/mol. The Hall–Kier alpha value is -3.90. The minimum Gasteiger partial charge on any atom is -0.482 e. The van der Waals surface area contributed by atoms with Crippen LogP contribution in [0.1, 0.15) is 68.1 Å². The number of hydrogen-bond acceptors (Lipinski definition) is 6. The minimum atomic E-state index is -0.337. The summed E-state index contributed by atoms with van der Waals surface area (Å²) in [6.45, 7) is 3.09. The van der Waals surface area contributed by atoms with Crippen LogP contribution >= 0.6 is 0 Å². The number of esters is 1. The van der Waals surface area contributed by atoms with Crippen molar-refractivity contribution in [1.82, 2.24) is 9.88 Å². The number of aromatic nitrogens is 1. The van der Waals surface area contributed by atoms with Gasteiger partial charge in [-0.2, -0.15) is 0 Å². The van der Waals surface area contributed by atoms with Gasteiger partial charge in [-0.3, -0.25) is 4.90 Å². The lowest BCUT2D eigenvalue weighted by Gasteiger charge is -2.42. The molecule has 0 amide bonds. The highest BCUT2D eigenvalue weighted by molar-refractivity contribution is 5.76. The molecule has 1 aromatic heterocycles. The van der Waals surface area contributed by atoms with Gasteiger partial charge in [0, 0.05) is 17.2 Å². The van der Waals surface area contributed by atoms with Crippen molar-refractivity contribution in [2.75, 3.05) is 19.8 Å². The molecule has 0 bridgehead atoms. The van der Waals surface area contributed by atoms with Crippen molar-refractivity contribution in [1.29, 1.82) is 0 Å². The highest BCUT2D eigenvalue weighted by atomic mass is 16.6. The number of ether oxygens (including phenoxy) is 2. The van der Waals surface area contributed by atoms with Crippen LogP contribution in [0.3, 0.4) is 0 Å². The van der Waals surface area contributed by atoms with Crippen molar-refractivity contribution in [2.45, 2.75) is 57.5 Å². The molecule has 2 aliphatic rings. The third kappa shape index (κ3) is 5.41. The van der Waals surface area contributed by atoms with Crippen LogP contribution < -0.4 is 4.74 Å². The Kier molecular flexibility index (Phi) is 7.96. The number of hydrogen-bond donors (Lipinski definition) is 0. The van der Waals surface area contributed by atoms with E-state index < -0.39 is 0 Å². The van der Waals surface area contributed by atoms with Gasteiger partial charge >= 0.3 is 5.97 Å². The molecule has 1 saturated heterocycles. The molecule has 2 heterocycles. The second-order valence-electron chi connectivity index (χ2n) is 10.5. The Morgan fingerprint density at radius 3 is 2.42 bits per heavy atom. The van der Waals surface area contributed by atoms with Crippen molar-refractivity contribution < 1.29 is 18.7 Å². The molecule has 6 nitrogen and oxygen atoms in total. The van der Waals surface area contributed by atoms with Gasteiger partial charge in [0.05, 0.1) is 12.6 Å². The SMILES string of the molecule is CCOC(=O)COc1cccc2c1CCCC2N1CCCCC1c1nc(-c2ccccc2)c(-c2ccccc2)o1. The second-order valence-corrected chi connectivity index (χ2v) is 10.5. The number of piperidine rings is 1. The summed E-state index contributed by atoms with van der Waals surface area (Å²) < 4.78 is 17.7. The zero-order valence-corrected chi connectivity index (χ0v) is 23.1. The van der Waals surface area contributed by atoms with E-state index in [1.807, 2.05) is 48.5 Å². The molecule has 206 valence electrons. The topological polar surface area (TPSA) is 64.8 Å². The number of benzene rings is 3. The molecule has 6 heteroatoms. The molecule has 1 aliphatic carbocycles. The van der Waals surface area contributed by atoms with Crippen LogP contribution in [0.5, 0.6) is 5.75 Å². The number of likely N-dealkylation sites (tertiary alicyclic amines) is 1. The first-order valence-electron chi connectivity index (χ1n) is 14.5. The maximum atomic E-state index is 12.0. The summed E-state index contributed by atoms with van der Waals surface area (Å²) in [5.74, 6) is 2.07. The number of carbonyl (C=O) groups is 1. The molecule has 0 spiro atoms. The maximum absolute atomic E-state index is 12.0. The monoisotopic (exact) mass is 536 g/mol. The summed E-state index contributed by atoms with van der Waals surface area (Å²) in [4.78, 5) is 19.7. The van der Waals surface area contributed by atoms with Crippen LogP contribution in [0.25, 0.3) is 22.6 Å². The number of rotatable bonds is 8. The molecule has 2 unspecified atom stereocenters. The van der Waals surface area contributed by atoms with Gasteiger partial charge in [-0.15, -0.1) is 0 Å². The van der Waals surface area contributed by atoms with Crippen molar-refractivity contribution in [2.24, 2.45) is 0 Å². The third-order valence-corrected chi connectivity index (χ3v) is 8.04. The van der Waals surface area contributed by atoms with E-state index in [0.717, 1.165) is 79.3 Å². The standard InChI is InChI=1S/C34H36N2O4/c1-2-38-31(37)23-39-30-21-12-17-26-27(30)18-11-20-28(26)36-22-10-9-19-29(36)34-35-32(24-13-5-3-6-14-24)33(40-34)25-15-7-4-8-16-25/h3-8,12-17,21,28-29H,2,9-11,18-20,22-23H2,1H3. The Balaban J connectivity index is 1.34. The van der Waals surface area contributed by atoms with Crippen LogP contribution in [0.4, 0.5) is 0 Å². The van der Waals surface area contributed by atoms with Crippen LogP contribution in [0.15, 0.2) is 83.3 Å². The Morgan fingerprint density at radius 1 is 0.900 bits per heavy atom. The zero-order valence-electron chi connectivity index (χ0n) is 23.1. The second kappa shape index (κ2) is 12.1. The molecule has 0 saturated carbocycles. The summed E-state index contributed by atoms with van der Waals surface area (Å²) in [5.41, 5.74) is 5.48. The molecular weight excluding hydrogens is 500 g/mol. The summed E-state index contributed by atoms with van der Waals surface area (Å²) in [7, 11) is 0. The molecule has 3 aromatic carbocycles. The number of carbonyl (C=O) groups excluding carboxylic acids is 1. The first kappa shape index (κ1) is 26.3. The molecule has 0 N–H and O–H groups in total. The smallest absolute Gasteiger partial charge is 0.344 e. The highest BCUT2D eigenvalue weighted by Crippen LogP contribution is 2.46. The number of nitrogens with zero attached hydrogens (tertiary/aromatic N) is 2. The molecule has 1 fully saturated rings. The van der Waals surface area contributed by atoms with E-state index in [9.17, 15) is 4.79 Å². The van der Waals surface area contributed by atoms with E-state index in [2.05, 4.69) is 35.2 Å². The van der Waals surface area contributed by atoms with Crippen LogP contribution in [-0.4, -0.2) is 35.6 Å². The van der Waals surface area contributed by atoms with Gasteiger partial charge < -0.3 is 13.9 Å². The van der Waals surface area contributed by atoms with E-state index >= 15 is 0 Å². The fraction of sp³-hybridized carbons (Fsp3) is 0.353. The van der Waals surface area contributed by atoms with Gasteiger partial charge in [0.1, 0.15) is 11.4 Å². The number of fused-ring (bicyclic) bond motifs is 1. The zero-order chi connectivity index (χ0) is 27.3. The van der Waals surface area contributed by atoms with Crippen molar-refractivity contribution in [3.8, 4) is 28.3 Å². The van der Waals surface area contributed by atoms with Crippen molar-refractivity contribution in [3.05, 3.63) is 95.9 Å². The fourth-order valence-electron chi connectivity index (χ4n) is 6.26. The van der Waals surface area contributed by atoms with Gasteiger partial charge in [0.25, 0.3) is 0 Å². The van der Waals surface area contributed by atoms with Gasteiger partial charge in [-0.25, -0.2) is 9.78 Å². The molecule has 2 atom stereocenters. The average Bonchev–Trinajstić information content (AvgIpc) is 3.46. The largest absolute Gasteiger partial charge is 0.482 e. The molecule has 0 radical (unpaired) electrons. The Morgan fingerprint density at radius 2 is 1.65 bits per heavy atom. The lowest BCUT2D eigenvalue weighted by molar-refractivity contribution is -0.145. The van der Waals surface area contributed by atoms with Crippen LogP contribution in [-0.2, 0) is 16.0 Å². The van der Waals surface area contributed by atoms with Crippen molar-refractivity contribution in [3.63, 3.8) is 0 Å². The van der Waals surface area contributed by atoms with E-state index in [1.54, 1.807) is 6.92 Å². The molecule has 6 rings (SSSR count). The van der Waals surface area contributed by atoms with Crippen LogP contribution in [0, 0.1) is 0 Å². The molecule has 1 aliphatic heterocycles. The first-order valence-corrected chi connectivity index (χ1v) is 14.5. The molecular formula is C34H36N2O4. The van der Waals surface area contributed by atoms with Gasteiger partial charge in [-0.05, 0) is 62.8 Å². The third-order valence-electron chi connectivity index (χ3n) is 8.04.